The number of aromatic nitrogens is 3. The van der Waals surface area contributed by atoms with Gasteiger partial charge in [0.15, 0.2) is 0 Å². The van der Waals surface area contributed by atoms with Crippen LogP contribution in [0.5, 0.6) is 5.88 Å². The number of anilines is 1. The summed E-state index contributed by atoms with van der Waals surface area (Å²) in [6.45, 7) is 2.53. The SMILES string of the molecule is O=c1[nH]ncc(N2CCN(Cc3cccnc3OC(F)(F)F)CC2)c1Cl. The summed E-state index contributed by atoms with van der Waals surface area (Å²) in [7, 11) is 0. The third-order valence-corrected chi connectivity index (χ3v) is 4.31. The molecule has 0 radical (unpaired) electrons. The molecule has 0 aliphatic carbocycles. The van der Waals surface area contributed by atoms with Gasteiger partial charge in [-0.1, -0.05) is 17.7 Å². The lowest BCUT2D eigenvalue weighted by molar-refractivity contribution is -0.276. The van der Waals surface area contributed by atoms with Crippen molar-refractivity contribution in [1.29, 1.82) is 0 Å². The number of piperazine rings is 1. The second kappa shape index (κ2) is 7.50. The Balaban J connectivity index is 1.65. The van der Waals surface area contributed by atoms with E-state index in [1.807, 2.05) is 9.80 Å². The summed E-state index contributed by atoms with van der Waals surface area (Å²) in [6, 6.07) is 3.12. The van der Waals surface area contributed by atoms with Crippen molar-refractivity contribution >= 4 is 17.3 Å². The molecule has 26 heavy (non-hydrogen) atoms. The van der Waals surface area contributed by atoms with Gasteiger partial charge in [-0.3, -0.25) is 9.69 Å². The van der Waals surface area contributed by atoms with Gasteiger partial charge < -0.3 is 9.64 Å². The molecule has 1 aliphatic heterocycles. The van der Waals surface area contributed by atoms with Crippen LogP contribution in [0, 0.1) is 0 Å². The Morgan fingerprint density at radius 1 is 1.27 bits per heavy atom. The van der Waals surface area contributed by atoms with Crippen molar-refractivity contribution in [3.8, 4) is 5.88 Å². The molecule has 3 rings (SSSR count). The van der Waals surface area contributed by atoms with Crippen LogP contribution in [-0.4, -0.2) is 52.6 Å². The van der Waals surface area contributed by atoms with Crippen molar-refractivity contribution < 1.29 is 17.9 Å². The molecule has 3 heterocycles. The van der Waals surface area contributed by atoms with Crippen molar-refractivity contribution in [3.63, 3.8) is 0 Å². The van der Waals surface area contributed by atoms with Gasteiger partial charge in [-0.25, -0.2) is 10.1 Å². The molecule has 2 aromatic heterocycles. The smallest absolute Gasteiger partial charge is 0.388 e. The Morgan fingerprint density at radius 2 is 2.00 bits per heavy atom. The van der Waals surface area contributed by atoms with E-state index in [-0.39, 0.29) is 11.6 Å². The molecule has 1 saturated heterocycles. The Hall–Kier alpha value is -2.33. The summed E-state index contributed by atoms with van der Waals surface area (Å²) < 4.78 is 41.4. The number of alkyl halides is 3. The maximum absolute atomic E-state index is 12.5. The molecule has 11 heteroatoms. The number of halogens is 4. The fourth-order valence-corrected chi connectivity index (χ4v) is 2.94. The van der Waals surface area contributed by atoms with Gasteiger partial charge in [0.2, 0.25) is 5.88 Å². The number of H-pyrrole nitrogens is 1. The fourth-order valence-electron chi connectivity index (χ4n) is 2.73. The topological polar surface area (TPSA) is 74.4 Å². The normalized spacial score (nSPS) is 15.9. The van der Waals surface area contributed by atoms with Gasteiger partial charge in [-0.2, -0.15) is 5.10 Å². The summed E-state index contributed by atoms with van der Waals surface area (Å²) in [5, 5.41) is 6.07. The van der Waals surface area contributed by atoms with Gasteiger partial charge in [-0.15, -0.1) is 13.2 Å². The quantitative estimate of drug-likeness (QED) is 0.862. The first-order valence-electron chi connectivity index (χ1n) is 7.73. The van der Waals surface area contributed by atoms with E-state index in [0.29, 0.717) is 37.4 Å². The summed E-state index contributed by atoms with van der Waals surface area (Å²) in [5.41, 5.74) is 0.433. The highest BCUT2D eigenvalue weighted by Crippen LogP contribution is 2.26. The molecule has 2 aromatic rings. The van der Waals surface area contributed by atoms with E-state index >= 15 is 0 Å². The minimum absolute atomic E-state index is 0.0709. The highest BCUT2D eigenvalue weighted by atomic mass is 35.5. The van der Waals surface area contributed by atoms with Gasteiger partial charge in [-0.05, 0) is 6.07 Å². The third-order valence-electron chi connectivity index (χ3n) is 3.95. The number of ether oxygens (including phenoxy) is 1. The second-order valence-electron chi connectivity index (χ2n) is 5.68. The first-order valence-corrected chi connectivity index (χ1v) is 8.11. The minimum Gasteiger partial charge on any atom is -0.388 e. The lowest BCUT2D eigenvalue weighted by Crippen LogP contribution is -2.46. The number of hydrogen-bond donors (Lipinski definition) is 1. The van der Waals surface area contributed by atoms with Crippen LogP contribution >= 0.6 is 11.6 Å². The zero-order valence-electron chi connectivity index (χ0n) is 13.5. The second-order valence-corrected chi connectivity index (χ2v) is 6.05. The molecular weight excluding hydrogens is 375 g/mol. The van der Waals surface area contributed by atoms with Crippen molar-refractivity contribution in [2.75, 3.05) is 31.1 Å². The van der Waals surface area contributed by atoms with Gasteiger partial charge in [0.25, 0.3) is 5.56 Å². The number of nitrogens with one attached hydrogen (secondary N) is 1. The summed E-state index contributed by atoms with van der Waals surface area (Å²) >= 11 is 6.00. The maximum Gasteiger partial charge on any atom is 0.574 e. The standard InChI is InChI=1S/C15H15ClF3N5O2/c16-12-11(8-21-22-13(12)25)24-6-4-23(5-7-24)9-10-2-1-3-20-14(10)26-15(17,18)19/h1-3,8H,4-7,9H2,(H,22,25). The zero-order chi connectivity index (χ0) is 18.7. The molecule has 0 amide bonds. The molecule has 7 nitrogen and oxygen atoms in total. The molecular formula is C15H15ClF3N5O2. The van der Waals surface area contributed by atoms with E-state index < -0.39 is 17.8 Å². The lowest BCUT2D eigenvalue weighted by Gasteiger charge is -2.36. The Bertz CT molecular complexity index is 821. The highest BCUT2D eigenvalue weighted by molar-refractivity contribution is 6.32. The fraction of sp³-hybridized carbons (Fsp3) is 0.400. The molecule has 0 atom stereocenters. The molecule has 0 unspecified atom stereocenters. The molecule has 0 bridgehead atoms. The Kier molecular flexibility index (Phi) is 5.33. The van der Waals surface area contributed by atoms with Gasteiger partial charge in [0, 0.05) is 44.5 Å². The lowest BCUT2D eigenvalue weighted by atomic mass is 10.2. The van der Waals surface area contributed by atoms with Crippen LogP contribution in [0.4, 0.5) is 18.9 Å². The molecule has 140 valence electrons. The first kappa shape index (κ1) is 18.5. The van der Waals surface area contributed by atoms with Gasteiger partial charge in [0.05, 0.1) is 11.9 Å². The molecule has 0 spiro atoms. The monoisotopic (exact) mass is 389 g/mol. The summed E-state index contributed by atoms with van der Waals surface area (Å²) in [4.78, 5) is 19.1. The number of aromatic amines is 1. The molecule has 1 fully saturated rings. The van der Waals surface area contributed by atoms with Crippen LogP contribution in [-0.2, 0) is 6.54 Å². The van der Waals surface area contributed by atoms with Crippen LogP contribution in [0.3, 0.4) is 0 Å². The van der Waals surface area contributed by atoms with Crippen LogP contribution in [0.15, 0.2) is 29.3 Å². The maximum atomic E-state index is 12.5. The van der Waals surface area contributed by atoms with Gasteiger partial charge in [0.1, 0.15) is 5.02 Å². The molecule has 1 aliphatic rings. The first-order chi connectivity index (χ1) is 12.3. The van der Waals surface area contributed by atoms with E-state index in [9.17, 15) is 18.0 Å². The van der Waals surface area contributed by atoms with Crippen molar-refractivity contribution in [2.24, 2.45) is 0 Å². The zero-order valence-corrected chi connectivity index (χ0v) is 14.2. The highest BCUT2D eigenvalue weighted by Gasteiger charge is 2.33. The van der Waals surface area contributed by atoms with Crippen LogP contribution in [0.25, 0.3) is 0 Å². The van der Waals surface area contributed by atoms with Crippen molar-refractivity contribution in [1.82, 2.24) is 20.1 Å². The third kappa shape index (κ3) is 4.44. The summed E-state index contributed by atoms with van der Waals surface area (Å²) in [5.74, 6) is -0.440. The molecule has 0 aromatic carbocycles. The van der Waals surface area contributed by atoms with Crippen LogP contribution in [0.2, 0.25) is 5.02 Å². The molecule has 1 N–H and O–H groups in total. The predicted molar refractivity (Wildman–Crippen MR) is 88.3 cm³/mol. The van der Waals surface area contributed by atoms with E-state index in [0.717, 1.165) is 0 Å². The average Bonchev–Trinajstić information content (AvgIpc) is 2.59. The Morgan fingerprint density at radius 3 is 2.69 bits per heavy atom. The van der Waals surface area contributed by atoms with E-state index in [4.69, 9.17) is 11.6 Å². The predicted octanol–water partition coefficient (Wildman–Crippen LogP) is 2.04. The number of hydrogen-bond acceptors (Lipinski definition) is 6. The van der Waals surface area contributed by atoms with E-state index in [1.165, 1.54) is 12.4 Å². The minimum atomic E-state index is -4.79. The van der Waals surface area contributed by atoms with Crippen molar-refractivity contribution in [2.45, 2.75) is 12.9 Å². The van der Waals surface area contributed by atoms with Gasteiger partial charge >= 0.3 is 6.36 Å². The van der Waals surface area contributed by atoms with Crippen LogP contribution in [0.1, 0.15) is 5.56 Å². The average molecular weight is 390 g/mol. The van der Waals surface area contributed by atoms with E-state index in [2.05, 4.69) is 19.9 Å². The van der Waals surface area contributed by atoms with E-state index in [1.54, 1.807) is 12.1 Å². The number of rotatable bonds is 4. The number of nitrogens with zero attached hydrogens (tertiary/aromatic N) is 4. The Labute approximate surface area is 151 Å². The number of pyridine rings is 1. The van der Waals surface area contributed by atoms with Crippen molar-refractivity contribution in [3.05, 3.63) is 45.5 Å². The largest absolute Gasteiger partial charge is 0.574 e. The summed E-state index contributed by atoms with van der Waals surface area (Å²) in [6.07, 6.45) is -2.05. The molecule has 0 saturated carbocycles. The van der Waals surface area contributed by atoms with Crippen LogP contribution < -0.4 is 15.2 Å².